The first-order valence-electron chi connectivity index (χ1n) is 12.4. The van der Waals surface area contributed by atoms with Crippen molar-refractivity contribution in [2.24, 2.45) is 5.73 Å². The highest BCUT2D eigenvalue weighted by atomic mass is 16.6. The first-order valence-corrected chi connectivity index (χ1v) is 12.4. The largest absolute Gasteiger partial charge is 0.493 e. The maximum absolute atomic E-state index is 10.7. The molecule has 1 saturated heterocycles. The van der Waals surface area contributed by atoms with Crippen molar-refractivity contribution < 1.29 is 24.8 Å². The van der Waals surface area contributed by atoms with E-state index in [1.54, 1.807) is 0 Å². The van der Waals surface area contributed by atoms with Crippen LogP contribution in [0.3, 0.4) is 0 Å². The molecule has 0 spiro atoms. The van der Waals surface area contributed by atoms with Crippen LogP contribution in [0.15, 0.2) is 54.9 Å². The summed E-state index contributed by atoms with van der Waals surface area (Å²) in [5, 5.41) is 33.8. The summed E-state index contributed by atoms with van der Waals surface area (Å²) in [5.41, 5.74) is 15.2. The zero-order chi connectivity index (χ0) is 26.6. The molecule has 3 heterocycles. The first kappa shape index (κ1) is 25.8. The molecule has 0 radical (unpaired) electrons. The summed E-state index contributed by atoms with van der Waals surface area (Å²) >= 11 is 0. The van der Waals surface area contributed by atoms with Gasteiger partial charge in [0.1, 0.15) is 30.4 Å². The highest BCUT2D eigenvalue weighted by Crippen LogP contribution is 2.36. The maximum atomic E-state index is 10.7. The van der Waals surface area contributed by atoms with Crippen molar-refractivity contribution in [2.45, 2.75) is 37.5 Å². The Hall–Kier alpha value is -3.81. The van der Waals surface area contributed by atoms with Crippen LogP contribution in [-0.4, -0.2) is 72.9 Å². The van der Waals surface area contributed by atoms with E-state index in [1.807, 2.05) is 48.5 Å². The second-order valence-corrected chi connectivity index (χ2v) is 9.01. The molecule has 2 aromatic heterocycles. The normalized spacial score (nSPS) is 21.2. The number of aliphatic hydroxyl groups excluding tert-OH is 3. The zero-order valence-corrected chi connectivity index (χ0v) is 20.6. The first-order chi connectivity index (χ1) is 18.5. The number of aromatic nitrogens is 4. The number of nitrogens with one attached hydrogen (secondary N) is 1. The number of nitrogen functional groups attached to an aromatic ring is 1. The standard InChI is InChI=1S/C26H31N7O5/c27-9-4-10-37-18-11-15(7-8-17(18)16-5-2-1-3-6-16)12-29-26-32-20-23(28)30-14-31-24(20)33(26)25-22(36)21(35)19(13-34)38-25/h1-3,5-8,11,14,19,21-22,25,34-36H,4,9-10,12-13,27H2,(H,29,32)(H2,28,30,31)/t19-,21-,22+,25-/m1/s1. The molecule has 4 aromatic rings. The molecule has 0 saturated carbocycles. The van der Waals surface area contributed by atoms with Gasteiger partial charge in [0.2, 0.25) is 5.95 Å². The number of benzene rings is 2. The summed E-state index contributed by atoms with van der Waals surface area (Å²) in [7, 11) is 0. The van der Waals surface area contributed by atoms with Crippen LogP contribution >= 0.6 is 0 Å². The number of fused-ring (bicyclic) bond motifs is 1. The van der Waals surface area contributed by atoms with Gasteiger partial charge in [0.05, 0.1) is 13.2 Å². The van der Waals surface area contributed by atoms with E-state index >= 15 is 0 Å². The Kier molecular flexibility index (Phi) is 7.67. The zero-order valence-electron chi connectivity index (χ0n) is 20.6. The van der Waals surface area contributed by atoms with Crippen molar-refractivity contribution >= 4 is 22.9 Å². The van der Waals surface area contributed by atoms with Gasteiger partial charge < -0.3 is 41.6 Å². The Morgan fingerprint density at radius 2 is 1.89 bits per heavy atom. The van der Waals surface area contributed by atoms with Gasteiger partial charge in [-0.25, -0.2) is 15.0 Å². The summed E-state index contributed by atoms with van der Waals surface area (Å²) in [6.45, 7) is 0.910. The molecule has 8 N–H and O–H groups in total. The number of hydrogen-bond donors (Lipinski definition) is 6. The summed E-state index contributed by atoms with van der Waals surface area (Å²) in [6.07, 6.45) is -2.61. The monoisotopic (exact) mass is 521 g/mol. The molecule has 0 unspecified atom stereocenters. The summed E-state index contributed by atoms with van der Waals surface area (Å²) in [4.78, 5) is 12.8. The second kappa shape index (κ2) is 11.3. The van der Waals surface area contributed by atoms with E-state index in [-0.39, 0.29) is 5.82 Å². The van der Waals surface area contributed by atoms with Gasteiger partial charge in [-0.1, -0.05) is 42.5 Å². The number of ether oxygens (including phenoxy) is 2. The molecule has 1 fully saturated rings. The molecule has 1 aliphatic rings. The van der Waals surface area contributed by atoms with Crippen LogP contribution in [0, 0.1) is 0 Å². The molecule has 38 heavy (non-hydrogen) atoms. The minimum Gasteiger partial charge on any atom is -0.493 e. The SMILES string of the molecule is NCCCOc1cc(CNc2nc3c(N)ncnc3n2[C@@H]2O[C@H](CO)[C@@H](O)[C@@H]2O)ccc1-c1ccccc1. The Morgan fingerprint density at radius 3 is 2.63 bits per heavy atom. The van der Waals surface area contributed by atoms with Crippen molar-refractivity contribution in [2.75, 3.05) is 30.8 Å². The highest BCUT2D eigenvalue weighted by molar-refractivity contribution is 5.84. The summed E-state index contributed by atoms with van der Waals surface area (Å²) < 4.78 is 13.4. The average Bonchev–Trinajstić information content (AvgIpc) is 3.45. The third-order valence-corrected chi connectivity index (χ3v) is 6.46. The molecule has 5 rings (SSSR count). The summed E-state index contributed by atoms with van der Waals surface area (Å²) in [5.74, 6) is 1.20. The number of nitrogens with two attached hydrogens (primary N) is 2. The Balaban J connectivity index is 1.46. The van der Waals surface area contributed by atoms with Gasteiger partial charge in [0.25, 0.3) is 0 Å². The lowest BCUT2D eigenvalue weighted by atomic mass is 10.0. The van der Waals surface area contributed by atoms with E-state index in [0.29, 0.717) is 36.8 Å². The number of aliphatic hydroxyl groups is 3. The van der Waals surface area contributed by atoms with Crippen LogP contribution in [0.25, 0.3) is 22.3 Å². The molecule has 12 heteroatoms. The molecule has 1 aliphatic heterocycles. The fourth-order valence-corrected chi connectivity index (χ4v) is 4.48. The van der Waals surface area contributed by atoms with Gasteiger partial charge in [-0.2, -0.15) is 0 Å². The van der Waals surface area contributed by atoms with Crippen molar-refractivity contribution in [1.82, 2.24) is 19.5 Å². The van der Waals surface area contributed by atoms with Crippen molar-refractivity contribution in [3.05, 3.63) is 60.4 Å². The molecule has 200 valence electrons. The molecule has 12 nitrogen and oxygen atoms in total. The van der Waals surface area contributed by atoms with Gasteiger partial charge in [-0.15, -0.1) is 0 Å². The Bertz CT molecular complexity index is 1380. The minimum atomic E-state index is -1.33. The lowest BCUT2D eigenvalue weighted by Gasteiger charge is -2.20. The predicted octanol–water partition coefficient (Wildman–Crippen LogP) is 1.03. The molecule has 4 atom stereocenters. The number of anilines is 2. The second-order valence-electron chi connectivity index (χ2n) is 9.01. The van der Waals surface area contributed by atoms with Crippen molar-refractivity contribution in [3.8, 4) is 16.9 Å². The van der Waals surface area contributed by atoms with Gasteiger partial charge in [0, 0.05) is 12.1 Å². The van der Waals surface area contributed by atoms with E-state index in [9.17, 15) is 15.3 Å². The van der Waals surface area contributed by atoms with Gasteiger partial charge in [-0.3, -0.25) is 4.57 Å². The molecule has 2 aromatic carbocycles. The highest BCUT2D eigenvalue weighted by Gasteiger charge is 2.45. The Labute approximate surface area is 218 Å². The van der Waals surface area contributed by atoms with E-state index in [0.717, 1.165) is 28.9 Å². The van der Waals surface area contributed by atoms with E-state index in [2.05, 4.69) is 20.3 Å². The van der Waals surface area contributed by atoms with E-state index in [1.165, 1.54) is 10.9 Å². The van der Waals surface area contributed by atoms with Gasteiger partial charge in [0.15, 0.2) is 23.2 Å². The van der Waals surface area contributed by atoms with Crippen LogP contribution in [0.4, 0.5) is 11.8 Å². The van der Waals surface area contributed by atoms with Gasteiger partial charge in [-0.05, 0) is 30.2 Å². The number of rotatable bonds is 10. The van der Waals surface area contributed by atoms with Crippen molar-refractivity contribution in [3.63, 3.8) is 0 Å². The lowest BCUT2D eigenvalue weighted by molar-refractivity contribution is -0.0501. The quantitative estimate of drug-likeness (QED) is 0.164. The number of nitrogens with zero attached hydrogens (tertiary/aromatic N) is 4. The fourth-order valence-electron chi connectivity index (χ4n) is 4.48. The molecule has 0 amide bonds. The predicted molar refractivity (Wildman–Crippen MR) is 141 cm³/mol. The van der Waals surface area contributed by atoms with Gasteiger partial charge >= 0.3 is 0 Å². The maximum Gasteiger partial charge on any atom is 0.207 e. The third-order valence-electron chi connectivity index (χ3n) is 6.46. The third kappa shape index (κ3) is 4.99. The topological polar surface area (TPSA) is 187 Å². The number of imidazole rings is 1. The fraction of sp³-hybridized carbons (Fsp3) is 0.346. The smallest absolute Gasteiger partial charge is 0.207 e. The summed E-state index contributed by atoms with van der Waals surface area (Å²) in [6, 6.07) is 15.9. The number of hydrogen-bond acceptors (Lipinski definition) is 11. The van der Waals surface area contributed by atoms with E-state index < -0.39 is 31.1 Å². The van der Waals surface area contributed by atoms with Crippen LogP contribution in [0.5, 0.6) is 5.75 Å². The van der Waals surface area contributed by atoms with E-state index in [4.69, 9.17) is 20.9 Å². The average molecular weight is 522 g/mol. The molecular weight excluding hydrogens is 490 g/mol. The molecule has 0 bridgehead atoms. The lowest BCUT2D eigenvalue weighted by Crippen LogP contribution is -2.33. The van der Waals surface area contributed by atoms with Crippen LogP contribution in [0.1, 0.15) is 18.2 Å². The van der Waals surface area contributed by atoms with Crippen LogP contribution in [0.2, 0.25) is 0 Å². The molecular formula is C26H31N7O5. The minimum absolute atomic E-state index is 0.159. The molecule has 0 aliphatic carbocycles. The van der Waals surface area contributed by atoms with Crippen LogP contribution in [-0.2, 0) is 11.3 Å². The van der Waals surface area contributed by atoms with Crippen molar-refractivity contribution in [1.29, 1.82) is 0 Å². The Morgan fingerprint density at radius 1 is 1.08 bits per heavy atom. The van der Waals surface area contributed by atoms with Crippen LogP contribution < -0.4 is 21.5 Å².